The first kappa shape index (κ1) is 19.7. The predicted octanol–water partition coefficient (Wildman–Crippen LogP) is 3.60. The molecule has 0 atom stereocenters. The van der Waals surface area contributed by atoms with E-state index in [2.05, 4.69) is 34.5 Å². The summed E-state index contributed by atoms with van der Waals surface area (Å²) in [4.78, 5) is 2.40. The highest BCUT2D eigenvalue weighted by Crippen LogP contribution is 2.11. The predicted molar refractivity (Wildman–Crippen MR) is 109 cm³/mol. The van der Waals surface area contributed by atoms with Crippen molar-refractivity contribution in [2.45, 2.75) is 26.8 Å². The molecule has 0 spiro atoms. The van der Waals surface area contributed by atoms with E-state index < -0.39 is 0 Å². The van der Waals surface area contributed by atoms with Gasteiger partial charge >= 0.3 is 0 Å². The smallest absolute Gasteiger partial charge is 0.171 e. The summed E-state index contributed by atoms with van der Waals surface area (Å²) in [6.07, 6.45) is 2.99. The standard InChI is InChI=1S/C18H26ClN5S/c1-3-23(4-2)12-5-11-20-18(25)21-17-10-13-24(22-17)14-15-6-8-16(19)9-7-15/h6-10,13H,3-5,11-12,14H2,1-2H3,(H2,20,21,22,25). The molecule has 2 aromatic rings. The van der Waals surface area contributed by atoms with Crippen molar-refractivity contribution in [3.05, 3.63) is 47.1 Å². The molecular weight excluding hydrogens is 354 g/mol. The van der Waals surface area contributed by atoms with Crippen LogP contribution >= 0.6 is 23.8 Å². The van der Waals surface area contributed by atoms with Gasteiger partial charge in [0, 0.05) is 23.8 Å². The van der Waals surface area contributed by atoms with Crippen LogP contribution in [-0.2, 0) is 6.54 Å². The van der Waals surface area contributed by atoms with Crippen LogP contribution in [0.5, 0.6) is 0 Å². The zero-order valence-electron chi connectivity index (χ0n) is 14.8. The quantitative estimate of drug-likeness (QED) is 0.514. The van der Waals surface area contributed by atoms with Crippen LogP contribution in [-0.4, -0.2) is 46.0 Å². The SMILES string of the molecule is CCN(CC)CCCNC(=S)Nc1ccn(Cc2ccc(Cl)cc2)n1. The number of thiocarbonyl (C=S) groups is 1. The van der Waals surface area contributed by atoms with E-state index in [9.17, 15) is 0 Å². The molecule has 0 aliphatic rings. The number of rotatable bonds is 9. The molecule has 136 valence electrons. The topological polar surface area (TPSA) is 45.1 Å². The van der Waals surface area contributed by atoms with Gasteiger partial charge < -0.3 is 15.5 Å². The third kappa shape index (κ3) is 7.02. The van der Waals surface area contributed by atoms with Crippen molar-refractivity contribution in [1.82, 2.24) is 20.0 Å². The maximum atomic E-state index is 5.91. The minimum atomic E-state index is 0.608. The lowest BCUT2D eigenvalue weighted by atomic mass is 10.2. The van der Waals surface area contributed by atoms with E-state index in [4.69, 9.17) is 23.8 Å². The normalized spacial score (nSPS) is 10.9. The second-order valence-electron chi connectivity index (χ2n) is 5.79. The van der Waals surface area contributed by atoms with Gasteiger partial charge in [0.2, 0.25) is 0 Å². The van der Waals surface area contributed by atoms with Gasteiger partial charge in [0.05, 0.1) is 6.54 Å². The molecule has 0 fully saturated rings. The van der Waals surface area contributed by atoms with Gasteiger partial charge in [0.15, 0.2) is 10.9 Å². The van der Waals surface area contributed by atoms with Crippen LogP contribution in [0.2, 0.25) is 5.02 Å². The average molecular weight is 380 g/mol. The zero-order valence-corrected chi connectivity index (χ0v) is 16.4. The third-order valence-corrected chi connectivity index (χ3v) is 4.47. The number of anilines is 1. The van der Waals surface area contributed by atoms with Gasteiger partial charge in [0.25, 0.3) is 0 Å². The third-order valence-electron chi connectivity index (χ3n) is 3.97. The van der Waals surface area contributed by atoms with E-state index in [-0.39, 0.29) is 0 Å². The number of hydrogen-bond donors (Lipinski definition) is 2. The Bertz CT molecular complexity index is 652. The molecule has 25 heavy (non-hydrogen) atoms. The molecule has 0 aliphatic heterocycles. The molecule has 2 N–H and O–H groups in total. The Labute approximate surface area is 160 Å². The van der Waals surface area contributed by atoms with Crippen molar-refractivity contribution in [2.24, 2.45) is 0 Å². The Balaban J connectivity index is 1.72. The van der Waals surface area contributed by atoms with Gasteiger partial charge in [-0.1, -0.05) is 37.6 Å². The fraction of sp³-hybridized carbons (Fsp3) is 0.444. The van der Waals surface area contributed by atoms with E-state index in [1.54, 1.807) is 0 Å². The molecule has 5 nitrogen and oxygen atoms in total. The highest BCUT2D eigenvalue weighted by atomic mass is 35.5. The summed E-state index contributed by atoms with van der Waals surface area (Å²) in [5.41, 5.74) is 1.15. The Morgan fingerprint density at radius 3 is 2.60 bits per heavy atom. The van der Waals surface area contributed by atoms with Crippen molar-refractivity contribution in [1.29, 1.82) is 0 Å². The van der Waals surface area contributed by atoms with Crippen LogP contribution in [0.1, 0.15) is 25.8 Å². The van der Waals surface area contributed by atoms with Crippen LogP contribution in [0, 0.1) is 0 Å². The zero-order chi connectivity index (χ0) is 18.1. The number of aromatic nitrogens is 2. The number of hydrogen-bond acceptors (Lipinski definition) is 3. The molecule has 2 rings (SSSR count). The van der Waals surface area contributed by atoms with Gasteiger partial charge in [-0.25, -0.2) is 0 Å². The summed E-state index contributed by atoms with van der Waals surface area (Å²) in [5.74, 6) is 0.746. The average Bonchev–Trinajstić information content (AvgIpc) is 3.04. The lowest BCUT2D eigenvalue weighted by Crippen LogP contribution is -2.32. The Morgan fingerprint density at radius 2 is 1.92 bits per heavy atom. The first-order chi connectivity index (χ1) is 12.1. The Morgan fingerprint density at radius 1 is 1.20 bits per heavy atom. The molecular formula is C18H26ClN5S. The molecule has 1 aromatic heterocycles. The second kappa shape index (κ2) is 10.4. The molecule has 0 bridgehead atoms. The minimum Gasteiger partial charge on any atom is -0.362 e. The summed E-state index contributed by atoms with van der Waals surface area (Å²) >= 11 is 11.2. The number of halogens is 1. The minimum absolute atomic E-state index is 0.608. The summed E-state index contributed by atoms with van der Waals surface area (Å²) in [5, 5.41) is 12.2. The fourth-order valence-corrected chi connectivity index (χ4v) is 2.83. The number of benzene rings is 1. The molecule has 0 saturated heterocycles. The van der Waals surface area contributed by atoms with Crippen molar-refractivity contribution < 1.29 is 0 Å². The van der Waals surface area contributed by atoms with Crippen LogP contribution in [0.3, 0.4) is 0 Å². The summed E-state index contributed by atoms with van der Waals surface area (Å²) < 4.78 is 1.87. The highest BCUT2D eigenvalue weighted by Gasteiger charge is 2.03. The summed E-state index contributed by atoms with van der Waals surface area (Å²) in [6.45, 7) is 9.18. The molecule has 0 aliphatic carbocycles. The van der Waals surface area contributed by atoms with Crippen molar-refractivity contribution in [2.75, 3.05) is 31.5 Å². The molecule has 1 heterocycles. The van der Waals surface area contributed by atoms with Crippen LogP contribution in [0.15, 0.2) is 36.5 Å². The Kier molecular flexibility index (Phi) is 8.18. The molecule has 0 amide bonds. The summed E-state index contributed by atoms with van der Waals surface area (Å²) in [6, 6.07) is 9.69. The van der Waals surface area contributed by atoms with E-state index in [1.807, 2.05) is 41.2 Å². The van der Waals surface area contributed by atoms with E-state index >= 15 is 0 Å². The van der Waals surface area contributed by atoms with Gasteiger partial charge in [-0.15, -0.1) is 0 Å². The largest absolute Gasteiger partial charge is 0.362 e. The fourth-order valence-electron chi connectivity index (χ4n) is 2.50. The van der Waals surface area contributed by atoms with Crippen molar-refractivity contribution in [3.63, 3.8) is 0 Å². The molecule has 0 saturated carbocycles. The van der Waals surface area contributed by atoms with Crippen LogP contribution < -0.4 is 10.6 Å². The van der Waals surface area contributed by atoms with Gasteiger partial charge in [-0.3, -0.25) is 4.68 Å². The number of nitrogens with one attached hydrogen (secondary N) is 2. The molecule has 1 aromatic carbocycles. The van der Waals surface area contributed by atoms with Gasteiger partial charge in [-0.2, -0.15) is 5.10 Å². The lowest BCUT2D eigenvalue weighted by Gasteiger charge is -2.18. The molecule has 0 radical (unpaired) electrons. The summed E-state index contributed by atoms with van der Waals surface area (Å²) in [7, 11) is 0. The maximum Gasteiger partial charge on any atom is 0.171 e. The van der Waals surface area contributed by atoms with E-state index in [0.717, 1.165) is 49.0 Å². The Hall–Kier alpha value is -1.63. The first-order valence-electron chi connectivity index (χ1n) is 8.65. The lowest BCUT2D eigenvalue weighted by molar-refractivity contribution is 0.300. The number of nitrogens with zero attached hydrogens (tertiary/aromatic N) is 3. The van der Waals surface area contributed by atoms with E-state index in [0.29, 0.717) is 11.7 Å². The maximum absolute atomic E-state index is 5.91. The van der Waals surface area contributed by atoms with Gasteiger partial charge in [0.1, 0.15) is 0 Å². The van der Waals surface area contributed by atoms with Crippen LogP contribution in [0.25, 0.3) is 0 Å². The van der Waals surface area contributed by atoms with Gasteiger partial charge in [-0.05, 0) is 56.0 Å². The highest BCUT2D eigenvalue weighted by molar-refractivity contribution is 7.80. The van der Waals surface area contributed by atoms with Crippen molar-refractivity contribution >= 4 is 34.7 Å². The monoisotopic (exact) mass is 379 g/mol. The molecule has 7 heteroatoms. The van der Waals surface area contributed by atoms with E-state index in [1.165, 1.54) is 0 Å². The second-order valence-corrected chi connectivity index (χ2v) is 6.63. The van der Waals surface area contributed by atoms with Crippen molar-refractivity contribution in [3.8, 4) is 0 Å². The van der Waals surface area contributed by atoms with Crippen LogP contribution in [0.4, 0.5) is 5.82 Å². The molecule has 0 unspecified atom stereocenters. The first-order valence-corrected chi connectivity index (χ1v) is 9.44.